The molecule has 27 heavy (non-hydrogen) atoms. The van der Waals surface area contributed by atoms with E-state index >= 15 is 0 Å². The fourth-order valence-corrected chi connectivity index (χ4v) is 3.59. The van der Waals surface area contributed by atoms with Crippen LogP contribution in [0.2, 0.25) is 0 Å². The summed E-state index contributed by atoms with van der Waals surface area (Å²) in [4.78, 5) is 15.6. The fraction of sp³-hybridized carbons (Fsp3) is 0.125. The van der Waals surface area contributed by atoms with E-state index < -0.39 is 0 Å². The largest absolute Gasteiger partial charge is 0.256 e. The summed E-state index contributed by atoms with van der Waals surface area (Å²) in [5.41, 5.74) is 5.39. The predicted molar refractivity (Wildman–Crippen MR) is 111 cm³/mol. The van der Waals surface area contributed by atoms with Gasteiger partial charge in [0, 0.05) is 17.3 Å². The molecule has 0 atom stereocenters. The van der Waals surface area contributed by atoms with Crippen LogP contribution < -0.4 is 0 Å². The van der Waals surface area contributed by atoms with Crippen LogP contribution in [0.1, 0.15) is 16.7 Å². The van der Waals surface area contributed by atoms with Gasteiger partial charge in [-0.1, -0.05) is 78.0 Å². The van der Waals surface area contributed by atoms with Gasteiger partial charge in [0.15, 0.2) is 0 Å². The van der Waals surface area contributed by atoms with Crippen LogP contribution in [0.3, 0.4) is 0 Å². The normalized spacial score (nSPS) is 10.8. The Morgan fingerprint density at radius 2 is 1.56 bits per heavy atom. The molecule has 3 heteroatoms. The first-order valence-corrected chi connectivity index (χ1v) is 9.15. The van der Waals surface area contributed by atoms with Crippen LogP contribution in [0.15, 0.2) is 90.2 Å². The van der Waals surface area contributed by atoms with Gasteiger partial charge >= 0.3 is 0 Å². The molecule has 4 aromatic rings. The number of aryl methyl sites for hydroxylation is 2. The van der Waals surface area contributed by atoms with Gasteiger partial charge in [0.25, 0.3) is 0 Å². The van der Waals surface area contributed by atoms with E-state index in [9.17, 15) is 4.91 Å². The van der Waals surface area contributed by atoms with E-state index in [2.05, 4.69) is 58.7 Å². The van der Waals surface area contributed by atoms with Crippen LogP contribution in [-0.2, 0) is 19.4 Å². The van der Waals surface area contributed by atoms with Gasteiger partial charge in [-0.25, -0.2) is 0 Å². The van der Waals surface area contributed by atoms with Gasteiger partial charge in [-0.15, -0.1) is 0 Å². The summed E-state index contributed by atoms with van der Waals surface area (Å²) >= 11 is 0. The number of hydrogen-bond acceptors (Lipinski definition) is 3. The molecule has 0 saturated heterocycles. The molecular formula is C24H20N2O. The zero-order valence-electron chi connectivity index (χ0n) is 15.0. The second-order valence-electron chi connectivity index (χ2n) is 6.60. The third-order valence-electron chi connectivity index (χ3n) is 4.90. The third kappa shape index (κ3) is 3.63. The molecule has 132 valence electrons. The lowest BCUT2D eigenvalue weighted by Crippen LogP contribution is -1.99. The highest BCUT2D eigenvalue weighted by Crippen LogP contribution is 2.34. The Morgan fingerprint density at radius 3 is 2.41 bits per heavy atom. The maximum absolute atomic E-state index is 10.9. The first-order valence-electron chi connectivity index (χ1n) is 9.15. The summed E-state index contributed by atoms with van der Waals surface area (Å²) in [6.07, 6.45) is 3.65. The summed E-state index contributed by atoms with van der Waals surface area (Å²) in [6, 6.07) is 27.0. The SMILES string of the molecule is O=NCc1cccnc1-c1c(CCc2ccccc2)ccc2ccccc12. The monoisotopic (exact) mass is 352 g/mol. The van der Waals surface area contributed by atoms with E-state index in [0.717, 1.165) is 35.0 Å². The molecule has 0 amide bonds. The van der Waals surface area contributed by atoms with E-state index in [1.807, 2.05) is 30.3 Å². The molecule has 0 aliphatic carbocycles. The molecule has 3 nitrogen and oxygen atoms in total. The molecular weight excluding hydrogens is 332 g/mol. The number of nitroso groups, excluding NO2 is 1. The molecule has 0 bridgehead atoms. The predicted octanol–water partition coefficient (Wildman–Crippen LogP) is 5.95. The van der Waals surface area contributed by atoms with Gasteiger partial charge in [0.1, 0.15) is 6.54 Å². The smallest absolute Gasteiger partial charge is 0.108 e. The van der Waals surface area contributed by atoms with E-state index in [1.165, 1.54) is 16.5 Å². The van der Waals surface area contributed by atoms with Crippen molar-refractivity contribution in [3.8, 4) is 11.3 Å². The van der Waals surface area contributed by atoms with Gasteiger partial charge in [-0.2, -0.15) is 4.91 Å². The molecule has 0 aliphatic rings. The van der Waals surface area contributed by atoms with Crippen molar-refractivity contribution in [2.45, 2.75) is 19.4 Å². The Labute approximate surface area is 158 Å². The molecule has 0 radical (unpaired) electrons. The van der Waals surface area contributed by atoms with Crippen LogP contribution >= 0.6 is 0 Å². The van der Waals surface area contributed by atoms with Crippen molar-refractivity contribution in [3.05, 3.63) is 107 Å². The van der Waals surface area contributed by atoms with Crippen molar-refractivity contribution in [1.29, 1.82) is 0 Å². The van der Waals surface area contributed by atoms with Gasteiger partial charge < -0.3 is 0 Å². The molecule has 4 rings (SSSR count). The lowest BCUT2D eigenvalue weighted by molar-refractivity contribution is 0.960. The number of hydrogen-bond donors (Lipinski definition) is 0. The van der Waals surface area contributed by atoms with Crippen LogP contribution in [0.5, 0.6) is 0 Å². The van der Waals surface area contributed by atoms with Crippen molar-refractivity contribution in [2.75, 3.05) is 0 Å². The molecule has 0 fully saturated rings. The first-order chi connectivity index (χ1) is 13.4. The standard InChI is InChI=1S/C24H20N2O/c27-26-17-21-10-6-16-25-24(21)23-20(13-12-18-7-2-1-3-8-18)15-14-19-9-4-5-11-22(19)23/h1-11,14-16H,12-13,17H2. The summed E-state index contributed by atoms with van der Waals surface area (Å²) in [6.45, 7) is 0.129. The maximum Gasteiger partial charge on any atom is 0.108 e. The Bertz CT molecular complexity index is 1070. The average Bonchev–Trinajstić information content (AvgIpc) is 2.73. The maximum atomic E-state index is 10.9. The van der Waals surface area contributed by atoms with Crippen LogP contribution in [-0.4, -0.2) is 4.98 Å². The minimum absolute atomic E-state index is 0.129. The lowest BCUT2D eigenvalue weighted by atomic mass is 9.91. The third-order valence-corrected chi connectivity index (χ3v) is 4.90. The highest BCUT2D eigenvalue weighted by molar-refractivity contribution is 5.98. The molecule has 3 aromatic carbocycles. The number of aromatic nitrogens is 1. The zero-order valence-corrected chi connectivity index (χ0v) is 15.0. The van der Waals surface area contributed by atoms with Gasteiger partial charge in [0.2, 0.25) is 0 Å². The summed E-state index contributed by atoms with van der Waals surface area (Å²) < 4.78 is 0. The Kier molecular flexibility index (Phi) is 5.01. The van der Waals surface area contributed by atoms with Crippen molar-refractivity contribution >= 4 is 10.8 Å². The lowest BCUT2D eigenvalue weighted by Gasteiger charge is -2.15. The second kappa shape index (κ2) is 7.92. The number of rotatable bonds is 6. The molecule has 1 aromatic heterocycles. The summed E-state index contributed by atoms with van der Waals surface area (Å²) in [5, 5.41) is 5.44. The topological polar surface area (TPSA) is 42.3 Å². The second-order valence-corrected chi connectivity index (χ2v) is 6.60. The number of benzene rings is 3. The van der Waals surface area contributed by atoms with Gasteiger partial charge in [0.05, 0.1) is 5.69 Å². The van der Waals surface area contributed by atoms with E-state index in [0.29, 0.717) is 0 Å². The minimum Gasteiger partial charge on any atom is -0.256 e. The fourth-order valence-electron chi connectivity index (χ4n) is 3.59. The highest BCUT2D eigenvalue weighted by atomic mass is 16.3. The Balaban J connectivity index is 1.85. The van der Waals surface area contributed by atoms with Crippen LogP contribution in [0, 0.1) is 4.91 Å². The summed E-state index contributed by atoms with van der Waals surface area (Å²) in [5.74, 6) is 0. The van der Waals surface area contributed by atoms with Crippen molar-refractivity contribution in [3.63, 3.8) is 0 Å². The average molecular weight is 352 g/mol. The van der Waals surface area contributed by atoms with Crippen molar-refractivity contribution < 1.29 is 0 Å². The zero-order chi connectivity index (χ0) is 18.5. The molecule has 0 saturated carbocycles. The molecule has 1 heterocycles. The van der Waals surface area contributed by atoms with Crippen molar-refractivity contribution in [1.82, 2.24) is 4.98 Å². The molecule has 0 unspecified atom stereocenters. The van der Waals surface area contributed by atoms with Crippen LogP contribution in [0.4, 0.5) is 0 Å². The quantitative estimate of drug-likeness (QED) is 0.402. The Hall–Kier alpha value is -3.33. The van der Waals surface area contributed by atoms with E-state index in [1.54, 1.807) is 6.20 Å². The van der Waals surface area contributed by atoms with Gasteiger partial charge in [-0.05, 0) is 40.8 Å². The highest BCUT2D eigenvalue weighted by Gasteiger charge is 2.15. The van der Waals surface area contributed by atoms with E-state index in [4.69, 9.17) is 0 Å². The van der Waals surface area contributed by atoms with Gasteiger partial charge in [-0.3, -0.25) is 4.98 Å². The molecule has 0 N–H and O–H groups in total. The van der Waals surface area contributed by atoms with Crippen LogP contribution in [0.25, 0.3) is 22.0 Å². The number of pyridine rings is 1. The first kappa shape index (κ1) is 17.1. The summed E-state index contributed by atoms with van der Waals surface area (Å²) in [7, 11) is 0. The number of nitrogens with zero attached hydrogens (tertiary/aromatic N) is 2. The molecule has 0 spiro atoms. The number of fused-ring (bicyclic) bond motifs is 1. The van der Waals surface area contributed by atoms with E-state index in [-0.39, 0.29) is 6.54 Å². The van der Waals surface area contributed by atoms with Crippen molar-refractivity contribution in [2.24, 2.45) is 5.18 Å². The Morgan fingerprint density at radius 1 is 0.741 bits per heavy atom. The molecule has 0 aliphatic heterocycles. The minimum atomic E-state index is 0.129.